The van der Waals surface area contributed by atoms with E-state index in [9.17, 15) is 9.59 Å². The highest BCUT2D eigenvalue weighted by Crippen LogP contribution is 2.47. The molecule has 218 valence electrons. The average Bonchev–Trinajstić information content (AvgIpc) is 3.73. The van der Waals surface area contributed by atoms with Gasteiger partial charge in [-0.05, 0) is 48.9 Å². The summed E-state index contributed by atoms with van der Waals surface area (Å²) in [5.74, 6) is 3.47. The predicted octanol–water partition coefficient (Wildman–Crippen LogP) is 6.20. The molecule has 0 spiro atoms. The van der Waals surface area contributed by atoms with Crippen molar-refractivity contribution in [1.29, 1.82) is 0 Å². The molecule has 0 saturated carbocycles. The van der Waals surface area contributed by atoms with Gasteiger partial charge in [0, 0.05) is 17.5 Å². The number of carbonyl (C=O) groups is 2. The Morgan fingerprint density at radius 2 is 1.47 bits per heavy atom. The minimum absolute atomic E-state index is 0.401. The Kier molecular flexibility index (Phi) is 7.52. The number of methoxy groups -OCH3 is 1. The topological polar surface area (TPSA) is 143 Å². The van der Waals surface area contributed by atoms with E-state index in [0.717, 1.165) is 34.8 Å². The number of imidazole rings is 2. The van der Waals surface area contributed by atoms with E-state index in [4.69, 9.17) is 14.2 Å². The zero-order valence-electron chi connectivity index (χ0n) is 23.8. The molecule has 0 fully saturated rings. The molecule has 6 rings (SSSR count). The molecule has 5 aromatic rings. The van der Waals surface area contributed by atoms with Crippen LogP contribution in [0, 0.1) is 0 Å². The fraction of sp³-hybridized carbons (Fsp3) is 0.188. The first-order chi connectivity index (χ1) is 20.9. The van der Waals surface area contributed by atoms with Crippen LogP contribution in [-0.2, 0) is 16.0 Å². The SMILES string of the molecule is CCc1ncc(-c2ccc3c(c2)Oc2ccc(-c4cnc(C(C)NC(=O)C(NC(=O)OC)c5ccccc5)[nH]4)cc2O3)[nH]1. The van der Waals surface area contributed by atoms with Crippen molar-refractivity contribution >= 4 is 12.0 Å². The Hall–Kier alpha value is -5.58. The molecule has 3 heterocycles. The second-order valence-electron chi connectivity index (χ2n) is 10.0. The zero-order chi connectivity index (χ0) is 29.9. The van der Waals surface area contributed by atoms with Gasteiger partial charge in [-0.3, -0.25) is 4.79 Å². The third-order valence-electron chi connectivity index (χ3n) is 7.12. The largest absolute Gasteiger partial charge is 0.453 e. The first-order valence-corrected chi connectivity index (χ1v) is 13.8. The highest BCUT2D eigenvalue weighted by atomic mass is 16.6. The van der Waals surface area contributed by atoms with E-state index in [2.05, 4.69) is 37.5 Å². The van der Waals surface area contributed by atoms with E-state index in [1.165, 1.54) is 7.11 Å². The van der Waals surface area contributed by atoms with E-state index in [-0.39, 0.29) is 0 Å². The molecule has 0 radical (unpaired) electrons. The number of aromatic nitrogens is 4. The third kappa shape index (κ3) is 5.78. The van der Waals surface area contributed by atoms with Crippen LogP contribution in [0.4, 0.5) is 4.79 Å². The molecule has 11 heteroatoms. The summed E-state index contributed by atoms with van der Waals surface area (Å²) in [5, 5.41) is 5.50. The van der Waals surface area contributed by atoms with Crippen molar-refractivity contribution in [2.45, 2.75) is 32.4 Å². The van der Waals surface area contributed by atoms with Crippen molar-refractivity contribution in [3.05, 3.63) is 96.3 Å². The van der Waals surface area contributed by atoms with Crippen molar-refractivity contribution < 1.29 is 23.8 Å². The smallest absolute Gasteiger partial charge is 0.407 e. The van der Waals surface area contributed by atoms with Crippen molar-refractivity contribution in [3.8, 4) is 45.5 Å². The Balaban J connectivity index is 1.16. The third-order valence-corrected chi connectivity index (χ3v) is 7.12. The quantitative estimate of drug-likeness (QED) is 0.168. The highest BCUT2D eigenvalue weighted by Gasteiger charge is 2.26. The van der Waals surface area contributed by atoms with Gasteiger partial charge < -0.3 is 34.8 Å². The van der Waals surface area contributed by atoms with Crippen LogP contribution in [0.1, 0.15) is 43.1 Å². The zero-order valence-corrected chi connectivity index (χ0v) is 23.8. The number of fused-ring (bicyclic) bond motifs is 2. The van der Waals surface area contributed by atoms with Gasteiger partial charge in [0.25, 0.3) is 0 Å². The van der Waals surface area contributed by atoms with Gasteiger partial charge in [0.2, 0.25) is 5.91 Å². The summed E-state index contributed by atoms with van der Waals surface area (Å²) in [6.07, 6.45) is 3.63. The number of amides is 2. The fourth-order valence-corrected chi connectivity index (χ4v) is 4.80. The summed E-state index contributed by atoms with van der Waals surface area (Å²) in [5.41, 5.74) is 4.07. The summed E-state index contributed by atoms with van der Waals surface area (Å²) in [6, 6.07) is 18.9. The number of nitrogens with zero attached hydrogens (tertiary/aromatic N) is 2. The van der Waals surface area contributed by atoms with Crippen LogP contribution in [0.3, 0.4) is 0 Å². The molecule has 0 saturated heterocycles. The number of alkyl carbamates (subject to hydrolysis) is 1. The summed E-state index contributed by atoms with van der Waals surface area (Å²) >= 11 is 0. The van der Waals surface area contributed by atoms with Crippen molar-refractivity contribution in [2.24, 2.45) is 0 Å². The summed E-state index contributed by atoms with van der Waals surface area (Å²) in [7, 11) is 1.25. The Morgan fingerprint density at radius 3 is 2.07 bits per heavy atom. The van der Waals surface area contributed by atoms with Crippen LogP contribution >= 0.6 is 0 Å². The number of nitrogens with one attached hydrogen (secondary N) is 4. The molecule has 3 aromatic carbocycles. The number of hydrogen-bond donors (Lipinski definition) is 4. The molecule has 1 aliphatic heterocycles. The monoisotopic (exact) mass is 578 g/mol. The van der Waals surface area contributed by atoms with Crippen LogP contribution in [-0.4, -0.2) is 39.0 Å². The van der Waals surface area contributed by atoms with E-state index < -0.39 is 24.1 Å². The maximum Gasteiger partial charge on any atom is 0.407 e. The number of H-pyrrole nitrogens is 2. The van der Waals surface area contributed by atoms with Crippen LogP contribution in [0.25, 0.3) is 22.5 Å². The summed E-state index contributed by atoms with van der Waals surface area (Å²) < 4.78 is 17.1. The van der Waals surface area contributed by atoms with E-state index in [1.54, 1.807) is 30.5 Å². The lowest BCUT2D eigenvalue weighted by molar-refractivity contribution is -0.123. The molecule has 4 N–H and O–H groups in total. The molecule has 43 heavy (non-hydrogen) atoms. The van der Waals surface area contributed by atoms with Gasteiger partial charge in [0.1, 0.15) is 17.7 Å². The Morgan fingerprint density at radius 1 is 0.837 bits per heavy atom. The molecule has 2 amide bonds. The molecule has 1 aliphatic rings. The van der Waals surface area contributed by atoms with Crippen LogP contribution < -0.4 is 20.1 Å². The van der Waals surface area contributed by atoms with Gasteiger partial charge in [-0.1, -0.05) is 37.3 Å². The molecule has 2 atom stereocenters. The van der Waals surface area contributed by atoms with Crippen LogP contribution in [0.5, 0.6) is 23.0 Å². The first kappa shape index (κ1) is 27.6. The second kappa shape index (κ2) is 11.7. The van der Waals surface area contributed by atoms with E-state index >= 15 is 0 Å². The lowest BCUT2D eigenvalue weighted by Crippen LogP contribution is -2.41. The molecular formula is C32H30N6O5. The summed E-state index contributed by atoms with van der Waals surface area (Å²) in [6.45, 7) is 3.86. The molecule has 0 aliphatic carbocycles. The van der Waals surface area contributed by atoms with Crippen molar-refractivity contribution in [2.75, 3.05) is 7.11 Å². The number of hydrogen-bond acceptors (Lipinski definition) is 7. The normalized spacial score (nSPS) is 13.0. The number of benzene rings is 3. The fourth-order valence-electron chi connectivity index (χ4n) is 4.80. The maximum absolute atomic E-state index is 13.2. The minimum atomic E-state index is -0.935. The average molecular weight is 579 g/mol. The number of aromatic amines is 2. The number of rotatable bonds is 8. The van der Waals surface area contributed by atoms with E-state index in [1.807, 2.05) is 55.6 Å². The van der Waals surface area contributed by atoms with Crippen LogP contribution in [0.2, 0.25) is 0 Å². The predicted molar refractivity (Wildman–Crippen MR) is 159 cm³/mol. The van der Waals surface area contributed by atoms with E-state index in [0.29, 0.717) is 34.4 Å². The van der Waals surface area contributed by atoms with Crippen molar-refractivity contribution in [3.63, 3.8) is 0 Å². The Labute approximate surface area is 247 Å². The molecule has 11 nitrogen and oxygen atoms in total. The maximum atomic E-state index is 13.2. The molecule has 2 aromatic heterocycles. The van der Waals surface area contributed by atoms with Gasteiger partial charge in [0.15, 0.2) is 23.0 Å². The summed E-state index contributed by atoms with van der Waals surface area (Å²) in [4.78, 5) is 40.6. The Bertz CT molecular complexity index is 1780. The molecule has 2 unspecified atom stereocenters. The lowest BCUT2D eigenvalue weighted by Gasteiger charge is -2.21. The highest BCUT2D eigenvalue weighted by molar-refractivity contribution is 5.87. The van der Waals surface area contributed by atoms with Crippen molar-refractivity contribution in [1.82, 2.24) is 30.6 Å². The van der Waals surface area contributed by atoms with Crippen LogP contribution in [0.15, 0.2) is 79.1 Å². The molecular weight excluding hydrogens is 548 g/mol. The number of ether oxygens (including phenoxy) is 3. The number of carbonyl (C=O) groups excluding carboxylic acids is 2. The van der Waals surface area contributed by atoms with Gasteiger partial charge in [-0.2, -0.15) is 0 Å². The standard InChI is InChI=1S/C32H30N6O5/c1-4-28-33-16-22(36-28)20-10-12-24-26(14-20)42-25-13-11-21(15-27(25)43-24)23-17-34-30(37-23)18(2)35-31(39)29(38-32(40)41-3)19-8-6-5-7-9-19/h5-18,29H,4H2,1-3H3,(H,33,36)(H,34,37)(H,35,39)(H,38,40). The van der Waals surface area contributed by atoms with Gasteiger partial charge in [-0.25, -0.2) is 14.8 Å². The van der Waals surface area contributed by atoms with Gasteiger partial charge in [0.05, 0.1) is 36.9 Å². The minimum Gasteiger partial charge on any atom is -0.453 e. The molecule has 0 bridgehead atoms. The van der Waals surface area contributed by atoms with Gasteiger partial charge >= 0.3 is 6.09 Å². The van der Waals surface area contributed by atoms with Gasteiger partial charge in [-0.15, -0.1) is 0 Å². The first-order valence-electron chi connectivity index (χ1n) is 13.8. The second-order valence-corrected chi connectivity index (χ2v) is 10.0. The lowest BCUT2D eigenvalue weighted by atomic mass is 10.1. The number of aryl methyl sites for hydroxylation is 1.